The molecule has 0 radical (unpaired) electrons. The van der Waals surface area contributed by atoms with Gasteiger partial charge in [-0.2, -0.15) is 5.26 Å². The molecule has 2 heterocycles. The van der Waals surface area contributed by atoms with Crippen LogP contribution in [-0.2, 0) is 10.2 Å². The van der Waals surface area contributed by atoms with Crippen molar-refractivity contribution in [3.63, 3.8) is 0 Å². The number of pyridine rings is 1. The van der Waals surface area contributed by atoms with Gasteiger partial charge in [-0.25, -0.2) is 14.3 Å². The van der Waals surface area contributed by atoms with Gasteiger partial charge in [-0.3, -0.25) is 0 Å². The average Bonchev–Trinajstić information content (AvgIpc) is 3.12. The van der Waals surface area contributed by atoms with Gasteiger partial charge in [0.1, 0.15) is 11.2 Å². The molecule has 0 aliphatic heterocycles. The molecule has 5 nitrogen and oxygen atoms in total. The predicted octanol–water partition coefficient (Wildman–Crippen LogP) is 4.14. The Balaban J connectivity index is 2.16. The van der Waals surface area contributed by atoms with Crippen LogP contribution in [0.1, 0.15) is 39.2 Å². The molecule has 3 rings (SSSR count). The molecule has 1 aliphatic carbocycles. The number of halogens is 1. The second-order valence-corrected chi connectivity index (χ2v) is 7.53. The lowest BCUT2D eigenvalue weighted by Crippen LogP contribution is -2.27. The zero-order valence-corrected chi connectivity index (χ0v) is 14.3. The van der Waals surface area contributed by atoms with Crippen molar-refractivity contribution >= 4 is 33.1 Å². The van der Waals surface area contributed by atoms with Crippen molar-refractivity contribution in [3.8, 4) is 6.07 Å². The first-order valence-electron chi connectivity index (χ1n) is 7.07. The van der Waals surface area contributed by atoms with Crippen molar-refractivity contribution < 1.29 is 9.53 Å². The van der Waals surface area contributed by atoms with E-state index in [1.54, 1.807) is 12.4 Å². The number of hydrogen-bond acceptors (Lipinski definition) is 4. The van der Waals surface area contributed by atoms with Gasteiger partial charge < -0.3 is 4.74 Å². The van der Waals surface area contributed by atoms with Gasteiger partial charge in [0.15, 0.2) is 0 Å². The van der Waals surface area contributed by atoms with E-state index in [0.717, 1.165) is 28.3 Å². The summed E-state index contributed by atoms with van der Waals surface area (Å²) in [5.41, 5.74) is 0.294. The van der Waals surface area contributed by atoms with E-state index >= 15 is 0 Å². The largest absolute Gasteiger partial charge is 0.443 e. The zero-order chi connectivity index (χ0) is 16.1. The number of nitriles is 1. The predicted molar refractivity (Wildman–Crippen MR) is 85.6 cm³/mol. The fourth-order valence-corrected chi connectivity index (χ4v) is 2.81. The molecule has 1 aliphatic rings. The smallest absolute Gasteiger partial charge is 0.420 e. The summed E-state index contributed by atoms with van der Waals surface area (Å²) < 4.78 is 7.65. The summed E-state index contributed by atoms with van der Waals surface area (Å²) in [5, 5.41) is 10.3. The minimum absolute atomic E-state index is 0.479. The lowest BCUT2D eigenvalue weighted by atomic mass is 9.98. The number of fused-ring (bicyclic) bond motifs is 1. The van der Waals surface area contributed by atoms with Gasteiger partial charge >= 0.3 is 6.09 Å². The third-order valence-electron chi connectivity index (χ3n) is 3.68. The minimum atomic E-state index is -0.588. The second kappa shape index (κ2) is 4.82. The minimum Gasteiger partial charge on any atom is -0.443 e. The molecule has 0 spiro atoms. The molecule has 0 bridgehead atoms. The van der Waals surface area contributed by atoms with Crippen LogP contribution in [0.5, 0.6) is 0 Å². The van der Waals surface area contributed by atoms with Crippen molar-refractivity contribution in [2.45, 2.75) is 44.6 Å². The summed E-state index contributed by atoms with van der Waals surface area (Å²) in [4.78, 5) is 16.7. The van der Waals surface area contributed by atoms with E-state index in [4.69, 9.17) is 4.74 Å². The van der Waals surface area contributed by atoms with E-state index in [1.165, 1.54) is 4.57 Å². The summed E-state index contributed by atoms with van der Waals surface area (Å²) in [6.45, 7) is 5.46. The van der Waals surface area contributed by atoms with Gasteiger partial charge in [0.25, 0.3) is 0 Å². The molecular weight excluding hydrogens is 346 g/mol. The number of hydrogen-bond donors (Lipinski definition) is 0. The molecule has 0 saturated heterocycles. The van der Waals surface area contributed by atoms with Crippen LogP contribution in [0.4, 0.5) is 4.79 Å². The molecule has 22 heavy (non-hydrogen) atoms. The van der Waals surface area contributed by atoms with Gasteiger partial charge in [-0.05, 0) is 55.6 Å². The van der Waals surface area contributed by atoms with Crippen LogP contribution in [0.3, 0.4) is 0 Å². The highest BCUT2D eigenvalue weighted by molar-refractivity contribution is 9.10. The van der Waals surface area contributed by atoms with Gasteiger partial charge in [-0.1, -0.05) is 0 Å². The summed E-state index contributed by atoms with van der Waals surface area (Å²) in [7, 11) is 0. The fraction of sp³-hybridized carbons (Fsp3) is 0.438. The molecule has 6 heteroatoms. The van der Waals surface area contributed by atoms with E-state index < -0.39 is 17.1 Å². The number of rotatable bonds is 1. The first kappa shape index (κ1) is 15.0. The highest BCUT2D eigenvalue weighted by Crippen LogP contribution is 2.50. The molecule has 2 aromatic rings. The van der Waals surface area contributed by atoms with Crippen LogP contribution >= 0.6 is 15.9 Å². The monoisotopic (exact) mass is 361 g/mol. The van der Waals surface area contributed by atoms with Crippen LogP contribution in [0.2, 0.25) is 0 Å². The fourth-order valence-electron chi connectivity index (χ4n) is 2.48. The van der Waals surface area contributed by atoms with Crippen molar-refractivity contribution in [3.05, 3.63) is 28.5 Å². The Kier molecular flexibility index (Phi) is 3.29. The van der Waals surface area contributed by atoms with Crippen LogP contribution < -0.4 is 0 Å². The van der Waals surface area contributed by atoms with E-state index in [-0.39, 0.29) is 0 Å². The molecule has 2 aromatic heterocycles. The Bertz CT molecular complexity index is 807. The highest BCUT2D eigenvalue weighted by Gasteiger charge is 2.47. The molecule has 114 valence electrons. The average molecular weight is 362 g/mol. The SMILES string of the molecule is CC(C)(C)OC(=O)n1cc(C2(C#N)CC2)c2cc(Br)cnc21. The second-order valence-electron chi connectivity index (χ2n) is 6.61. The molecule has 0 unspecified atom stereocenters. The van der Waals surface area contributed by atoms with Crippen molar-refractivity contribution in [1.82, 2.24) is 9.55 Å². The Morgan fingerprint density at radius 1 is 1.50 bits per heavy atom. The Morgan fingerprint density at radius 3 is 2.73 bits per heavy atom. The van der Waals surface area contributed by atoms with Crippen LogP contribution in [-0.4, -0.2) is 21.2 Å². The van der Waals surface area contributed by atoms with E-state index in [0.29, 0.717) is 5.65 Å². The molecule has 0 N–H and O–H groups in total. The zero-order valence-electron chi connectivity index (χ0n) is 12.7. The lowest BCUT2D eigenvalue weighted by molar-refractivity contribution is 0.0543. The Labute approximate surface area is 137 Å². The summed E-state index contributed by atoms with van der Waals surface area (Å²) >= 11 is 3.40. The number of aromatic nitrogens is 2. The number of carbonyl (C=O) groups excluding carboxylic acids is 1. The molecule has 0 aromatic carbocycles. The third kappa shape index (κ3) is 2.50. The maximum Gasteiger partial charge on any atom is 0.420 e. The third-order valence-corrected chi connectivity index (χ3v) is 4.11. The van der Waals surface area contributed by atoms with E-state index in [2.05, 4.69) is 27.0 Å². The molecular formula is C16H16BrN3O2. The van der Waals surface area contributed by atoms with Crippen LogP contribution in [0.25, 0.3) is 11.0 Å². The van der Waals surface area contributed by atoms with E-state index in [9.17, 15) is 10.1 Å². The van der Waals surface area contributed by atoms with E-state index in [1.807, 2.05) is 26.8 Å². The topological polar surface area (TPSA) is 67.9 Å². The van der Waals surface area contributed by atoms with Crippen LogP contribution in [0, 0.1) is 11.3 Å². The van der Waals surface area contributed by atoms with Gasteiger partial charge in [0, 0.05) is 27.8 Å². The quantitative estimate of drug-likeness (QED) is 0.765. The Hall–Kier alpha value is -1.87. The Morgan fingerprint density at radius 2 is 2.18 bits per heavy atom. The maximum atomic E-state index is 12.4. The standard InChI is InChI=1S/C16H16BrN3O2/c1-15(2,3)22-14(21)20-8-12(16(9-18)4-5-16)11-6-10(17)7-19-13(11)20/h6-8H,4-5H2,1-3H3. The molecule has 1 saturated carbocycles. The molecule has 1 fully saturated rings. The maximum absolute atomic E-state index is 12.4. The number of ether oxygens (including phenoxy) is 1. The summed E-state index contributed by atoms with van der Waals surface area (Å²) in [5.74, 6) is 0. The lowest BCUT2D eigenvalue weighted by Gasteiger charge is -2.19. The van der Waals surface area contributed by atoms with Crippen molar-refractivity contribution in [2.24, 2.45) is 0 Å². The number of carbonyl (C=O) groups is 1. The molecule has 0 atom stereocenters. The number of nitrogens with zero attached hydrogens (tertiary/aromatic N) is 3. The summed E-state index contributed by atoms with van der Waals surface area (Å²) in [6.07, 6.45) is 4.48. The first-order chi connectivity index (χ1) is 10.3. The van der Waals surface area contributed by atoms with Crippen LogP contribution in [0.15, 0.2) is 22.9 Å². The summed E-state index contributed by atoms with van der Waals surface area (Å²) in [6, 6.07) is 4.27. The van der Waals surface area contributed by atoms with Gasteiger partial charge in [0.05, 0.1) is 11.5 Å². The van der Waals surface area contributed by atoms with Gasteiger partial charge in [0.2, 0.25) is 0 Å². The molecule has 0 amide bonds. The first-order valence-corrected chi connectivity index (χ1v) is 7.87. The van der Waals surface area contributed by atoms with Crippen molar-refractivity contribution in [1.29, 1.82) is 5.26 Å². The highest BCUT2D eigenvalue weighted by atomic mass is 79.9. The van der Waals surface area contributed by atoms with Gasteiger partial charge in [-0.15, -0.1) is 0 Å². The normalized spacial score (nSPS) is 16.3. The van der Waals surface area contributed by atoms with Crippen molar-refractivity contribution in [2.75, 3.05) is 0 Å².